The summed E-state index contributed by atoms with van der Waals surface area (Å²) in [5.41, 5.74) is 6.68. The summed E-state index contributed by atoms with van der Waals surface area (Å²) in [6.45, 7) is 2.87. The largest absolute Gasteiger partial charge is 0.383 e. The molecule has 0 saturated carbocycles. The van der Waals surface area contributed by atoms with E-state index in [1.807, 2.05) is 0 Å². The second-order valence-corrected chi connectivity index (χ2v) is 4.73. The molecular formula is C13H20Cl2F2N2O. The van der Waals surface area contributed by atoms with Gasteiger partial charge in [-0.25, -0.2) is 8.78 Å². The quantitative estimate of drug-likeness (QED) is 0.920. The molecule has 0 aliphatic carbocycles. The number of nitrogens with zero attached hydrogens (tertiary/aromatic N) is 1. The standard InChI is InChI=1S/C13H18F2N2O.2ClH/c1-18-3-2-17-7-12(13(16)8-17)9-4-10(14)6-11(15)5-9;;/h4-6,12-13H,2-3,7-8,16H2,1H3;2*1H/t12-,13+;;/m0../s1. The normalized spacial score (nSPS) is 22.2. The van der Waals surface area contributed by atoms with E-state index in [0.717, 1.165) is 19.2 Å². The molecule has 7 heteroatoms. The van der Waals surface area contributed by atoms with Crippen molar-refractivity contribution in [3.63, 3.8) is 0 Å². The lowest BCUT2D eigenvalue weighted by molar-refractivity contribution is 0.160. The van der Waals surface area contributed by atoms with Crippen LogP contribution in [0, 0.1) is 11.6 Å². The molecule has 1 aromatic carbocycles. The highest BCUT2D eigenvalue weighted by atomic mass is 35.5. The zero-order chi connectivity index (χ0) is 13.1. The molecule has 1 heterocycles. The predicted octanol–water partition coefficient (Wildman–Crippen LogP) is 2.18. The van der Waals surface area contributed by atoms with Crippen LogP contribution in [-0.2, 0) is 4.74 Å². The minimum Gasteiger partial charge on any atom is -0.383 e. The fraction of sp³-hybridized carbons (Fsp3) is 0.538. The van der Waals surface area contributed by atoms with Crippen molar-refractivity contribution in [2.75, 3.05) is 33.4 Å². The number of likely N-dealkylation sites (tertiary alicyclic amines) is 1. The Labute approximate surface area is 130 Å². The van der Waals surface area contributed by atoms with Gasteiger partial charge in [0.2, 0.25) is 0 Å². The molecular weight excluding hydrogens is 309 g/mol. The van der Waals surface area contributed by atoms with Gasteiger partial charge in [0, 0.05) is 44.8 Å². The van der Waals surface area contributed by atoms with Crippen LogP contribution in [0.15, 0.2) is 18.2 Å². The van der Waals surface area contributed by atoms with Crippen LogP contribution in [0.4, 0.5) is 8.78 Å². The SMILES string of the molecule is COCCN1C[C@@H](N)[C@H](c2cc(F)cc(F)c2)C1.Cl.Cl. The van der Waals surface area contributed by atoms with Crippen molar-refractivity contribution < 1.29 is 13.5 Å². The second-order valence-electron chi connectivity index (χ2n) is 4.73. The Morgan fingerprint density at radius 2 is 1.80 bits per heavy atom. The van der Waals surface area contributed by atoms with Crippen LogP contribution in [-0.4, -0.2) is 44.3 Å². The molecule has 3 nitrogen and oxygen atoms in total. The maximum Gasteiger partial charge on any atom is 0.126 e. The summed E-state index contributed by atoms with van der Waals surface area (Å²) in [5, 5.41) is 0. The molecule has 1 aromatic rings. The molecule has 1 fully saturated rings. The predicted molar refractivity (Wildman–Crippen MR) is 79.9 cm³/mol. The smallest absolute Gasteiger partial charge is 0.126 e. The van der Waals surface area contributed by atoms with Crippen LogP contribution in [0.5, 0.6) is 0 Å². The zero-order valence-electron chi connectivity index (χ0n) is 11.2. The number of hydrogen-bond acceptors (Lipinski definition) is 3. The minimum absolute atomic E-state index is 0. The maximum absolute atomic E-state index is 13.2. The summed E-state index contributed by atoms with van der Waals surface area (Å²) in [5.74, 6) is -1.12. The summed E-state index contributed by atoms with van der Waals surface area (Å²) in [7, 11) is 1.65. The third-order valence-electron chi connectivity index (χ3n) is 3.37. The number of methoxy groups -OCH3 is 1. The van der Waals surface area contributed by atoms with Crippen LogP contribution < -0.4 is 5.73 Å². The summed E-state index contributed by atoms with van der Waals surface area (Å²) >= 11 is 0. The fourth-order valence-electron chi connectivity index (χ4n) is 2.46. The van der Waals surface area contributed by atoms with E-state index in [4.69, 9.17) is 10.5 Å². The first kappa shape index (κ1) is 19.5. The molecule has 0 unspecified atom stereocenters. The van der Waals surface area contributed by atoms with E-state index in [9.17, 15) is 8.78 Å². The lowest BCUT2D eigenvalue weighted by Crippen LogP contribution is -2.30. The molecule has 0 bridgehead atoms. The lowest BCUT2D eigenvalue weighted by Gasteiger charge is -2.15. The van der Waals surface area contributed by atoms with Crippen molar-refractivity contribution in [3.8, 4) is 0 Å². The van der Waals surface area contributed by atoms with E-state index in [2.05, 4.69) is 4.90 Å². The number of ether oxygens (including phenoxy) is 1. The highest BCUT2D eigenvalue weighted by Crippen LogP contribution is 2.27. The summed E-state index contributed by atoms with van der Waals surface area (Å²) < 4.78 is 31.4. The van der Waals surface area contributed by atoms with Gasteiger partial charge in [-0.15, -0.1) is 24.8 Å². The van der Waals surface area contributed by atoms with Gasteiger partial charge in [0.1, 0.15) is 11.6 Å². The van der Waals surface area contributed by atoms with Crippen molar-refractivity contribution >= 4 is 24.8 Å². The molecule has 20 heavy (non-hydrogen) atoms. The Balaban J connectivity index is 0.00000180. The summed E-state index contributed by atoms with van der Waals surface area (Å²) in [4.78, 5) is 2.15. The fourth-order valence-corrected chi connectivity index (χ4v) is 2.46. The van der Waals surface area contributed by atoms with Crippen molar-refractivity contribution in [2.45, 2.75) is 12.0 Å². The van der Waals surface area contributed by atoms with Gasteiger partial charge in [0.05, 0.1) is 6.61 Å². The van der Waals surface area contributed by atoms with Crippen molar-refractivity contribution in [2.24, 2.45) is 5.73 Å². The van der Waals surface area contributed by atoms with Gasteiger partial charge in [0.25, 0.3) is 0 Å². The number of hydrogen-bond donors (Lipinski definition) is 1. The first-order valence-electron chi connectivity index (χ1n) is 6.03. The van der Waals surface area contributed by atoms with Crippen LogP contribution in [0.2, 0.25) is 0 Å². The highest BCUT2D eigenvalue weighted by Gasteiger charge is 2.31. The molecule has 1 aliphatic heterocycles. The third-order valence-corrected chi connectivity index (χ3v) is 3.37. The second kappa shape index (κ2) is 8.74. The van der Waals surface area contributed by atoms with Crippen molar-refractivity contribution in [1.29, 1.82) is 0 Å². The zero-order valence-corrected chi connectivity index (χ0v) is 12.9. The lowest BCUT2D eigenvalue weighted by atomic mass is 9.95. The molecule has 2 N–H and O–H groups in total. The molecule has 0 aromatic heterocycles. The van der Waals surface area contributed by atoms with Gasteiger partial charge < -0.3 is 10.5 Å². The molecule has 0 amide bonds. The average molecular weight is 329 g/mol. The minimum atomic E-state index is -0.549. The number of halogens is 4. The Morgan fingerprint density at radius 3 is 2.35 bits per heavy atom. The molecule has 1 saturated heterocycles. The molecule has 0 spiro atoms. The van der Waals surface area contributed by atoms with Crippen molar-refractivity contribution in [1.82, 2.24) is 4.90 Å². The Kier molecular flexibility index (Phi) is 8.54. The van der Waals surface area contributed by atoms with E-state index < -0.39 is 11.6 Å². The average Bonchev–Trinajstić information content (AvgIpc) is 2.66. The van der Waals surface area contributed by atoms with Gasteiger partial charge in [-0.2, -0.15) is 0 Å². The van der Waals surface area contributed by atoms with Gasteiger partial charge >= 0.3 is 0 Å². The molecule has 2 atom stereocenters. The molecule has 1 aliphatic rings. The number of nitrogens with two attached hydrogens (primary N) is 1. The Bertz CT molecular complexity index is 403. The van der Waals surface area contributed by atoms with Gasteiger partial charge in [-0.05, 0) is 17.7 Å². The van der Waals surface area contributed by atoms with E-state index in [0.29, 0.717) is 18.7 Å². The van der Waals surface area contributed by atoms with Crippen LogP contribution in [0.1, 0.15) is 11.5 Å². The summed E-state index contributed by atoms with van der Waals surface area (Å²) in [6.07, 6.45) is 0. The van der Waals surface area contributed by atoms with Gasteiger partial charge in [-0.1, -0.05) is 0 Å². The maximum atomic E-state index is 13.2. The summed E-state index contributed by atoms with van der Waals surface area (Å²) in [6, 6.07) is 3.52. The van der Waals surface area contributed by atoms with Gasteiger partial charge in [0.15, 0.2) is 0 Å². The van der Waals surface area contributed by atoms with E-state index in [1.165, 1.54) is 12.1 Å². The molecule has 116 valence electrons. The van der Waals surface area contributed by atoms with Gasteiger partial charge in [-0.3, -0.25) is 4.90 Å². The van der Waals surface area contributed by atoms with Crippen LogP contribution >= 0.6 is 24.8 Å². The van der Waals surface area contributed by atoms with E-state index in [-0.39, 0.29) is 36.8 Å². The molecule has 2 rings (SSSR count). The Hall–Kier alpha value is -0.460. The van der Waals surface area contributed by atoms with E-state index in [1.54, 1.807) is 7.11 Å². The van der Waals surface area contributed by atoms with Crippen LogP contribution in [0.25, 0.3) is 0 Å². The number of benzene rings is 1. The monoisotopic (exact) mass is 328 g/mol. The van der Waals surface area contributed by atoms with Crippen molar-refractivity contribution in [3.05, 3.63) is 35.4 Å². The third kappa shape index (κ3) is 4.82. The topological polar surface area (TPSA) is 38.5 Å². The van der Waals surface area contributed by atoms with Crippen LogP contribution in [0.3, 0.4) is 0 Å². The first-order chi connectivity index (χ1) is 8.60. The first-order valence-corrected chi connectivity index (χ1v) is 6.03. The Morgan fingerprint density at radius 1 is 1.20 bits per heavy atom. The van der Waals surface area contributed by atoms with E-state index >= 15 is 0 Å². The number of rotatable bonds is 4. The molecule has 0 radical (unpaired) electrons. The highest BCUT2D eigenvalue weighted by molar-refractivity contribution is 5.85.